The van der Waals surface area contributed by atoms with E-state index >= 15 is 0 Å². The summed E-state index contributed by atoms with van der Waals surface area (Å²) in [4.78, 5) is 0. The summed E-state index contributed by atoms with van der Waals surface area (Å²) < 4.78 is 94.6. The minimum atomic E-state index is -0.527. The number of para-hydroxylation sites is 1. The smallest absolute Gasteiger partial charge is 0.136 e. The molecule has 0 aliphatic rings. The highest BCUT2D eigenvalue weighted by Crippen LogP contribution is 2.50. The largest absolute Gasteiger partial charge is 0.456 e. The molecule has 210 valence electrons. The van der Waals surface area contributed by atoms with E-state index in [9.17, 15) is 2.74 Å². The predicted molar refractivity (Wildman–Crippen MR) is 190 cm³/mol. The number of rotatable bonds is 4. The van der Waals surface area contributed by atoms with E-state index in [1.165, 1.54) is 6.07 Å². The molecule has 0 fully saturated rings. The summed E-state index contributed by atoms with van der Waals surface area (Å²) in [5, 5.41) is 3.12. The molecule has 1 heteroatoms. The van der Waals surface area contributed by atoms with Crippen LogP contribution in [0.4, 0.5) is 0 Å². The van der Waals surface area contributed by atoms with Crippen LogP contribution in [0.15, 0.2) is 174 Å². The third kappa shape index (κ3) is 4.02. The molecule has 0 aliphatic carbocycles. The first kappa shape index (κ1) is 17.4. The SMILES string of the molecule is [2H]c1cc(-c2c(-c3c4ccccc4c(-c4ccccc4-c4ccccc4)c4ccccc34)c([2H])c([2H])c3oc4c([2H])c([2H])c([2H])c([2H])c4c23)c([2H])c([2H])c1[2H]. The normalized spacial score (nSPS) is 14.7. The van der Waals surface area contributed by atoms with Gasteiger partial charge in [0.1, 0.15) is 11.2 Å². The van der Waals surface area contributed by atoms with Crippen molar-refractivity contribution >= 4 is 43.5 Å². The van der Waals surface area contributed by atoms with Gasteiger partial charge < -0.3 is 4.42 Å². The highest BCUT2D eigenvalue weighted by Gasteiger charge is 2.23. The fraction of sp³-hybridized carbons (Fsp3) is 0. The van der Waals surface area contributed by atoms with E-state index in [1.54, 1.807) is 0 Å². The average molecular weight is 583 g/mol. The summed E-state index contributed by atoms with van der Waals surface area (Å²) in [5.41, 5.74) is 4.39. The minimum absolute atomic E-state index is 0.00118. The fourth-order valence-electron chi connectivity index (χ4n) is 6.58. The van der Waals surface area contributed by atoms with Crippen molar-refractivity contribution in [1.82, 2.24) is 0 Å². The first-order chi connectivity index (χ1) is 26.5. The number of hydrogen-bond acceptors (Lipinski definition) is 1. The van der Waals surface area contributed by atoms with Crippen molar-refractivity contribution < 1.29 is 18.1 Å². The molecule has 9 aromatic rings. The Kier molecular flexibility index (Phi) is 4.01. The van der Waals surface area contributed by atoms with Gasteiger partial charge in [0, 0.05) is 16.3 Å². The summed E-state index contributed by atoms with van der Waals surface area (Å²) in [5.74, 6) is 0. The average Bonchev–Trinajstić information content (AvgIpc) is 3.62. The molecular weight excluding hydrogens is 544 g/mol. The molecular formula is C44H28O. The monoisotopic (exact) mass is 582 g/mol. The Balaban J connectivity index is 1.54. The molecule has 0 radical (unpaired) electrons. The van der Waals surface area contributed by atoms with Gasteiger partial charge in [-0.05, 0) is 78.6 Å². The van der Waals surface area contributed by atoms with Crippen LogP contribution in [0.2, 0.25) is 0 Å². The molecule has 1 nitrogen and oxygen atoms in total. The van der Waals surface area contributed by atoms with Crippen LogP contribution >= 0.6 is 0 Å². The molecule has 1 heterocycles. The van der Waals surface area contributed by atoms with Crippen LogP contribution < -0.4 is 0 Å². The Morgan fingerprint density at radius 3 is 1.69 bits per heavy atom. The van der Waals surface area contributed by atoms with Gasteiger partial charge in [-0.1, -0.05) is 151 Å². The fourth-order valence-corrected chi connectivity index (χ4v) is 6.58. The van der Waals surface area contributed by atoms with Gasteiger partial charge in [0.2, 0.25) is 0 Å². The second kappa shape index (κ2) is 10.4. The lowest BCUT2D eigenvalue weighted by molar-refractivity contribution is 0.669. The van der Waals surface area contributed by atoms with Crippen molar-refractivity contribution in [3.05, 3.63) is 170 Å². The second-order valence-electron chi connectivity index (χ2n) is 10.8. The Labute approximate surface area is 275 Å². The van der Waals surface area contributed by atoms with Gasteiger partial charge in [0.05, 0.1) is 13.7 Å². The number of fused-ring (bicyclic) bond motifs is 5. The summed E-state index contributed by atoms with van der Waals surface area (Å²) in [6.45, 7) is 0. The topological polar surface area (TPSA) is 13.1 Å². The Morgan fingerprint density at radius 1 is 0.356 bits per heavy atom. The molecule has 0 saturated carbocycles. The quantitative estimate of drug-likeness (QED) is 0.188. The zero-order chi connectivity index (χ0) is 38.4. The van der Waals surface area contributed by atoms with Gasteiger partial charge in [-0.2, -0.15) is 0 Å². The Bertz CT molecular complexity index is 3040. The molecule has 0 aliphatic heterocycles. The van der Waals surface area contributed by atoms with Gasteiger partial charge in [0.25, 0.3) is 0 Å². The molecule has 0 saturated heterocycles. The van der Waals surface area contributed by atoms with E-state index in [-0.39, 0.29) is 56.8 Å². The van der Waals surface area contributed by atoms with Crippen LogP contribution in [0, 0.1) is 0 Å². The zero-order valence-electron chi connectivity index (χ0n) is 33.8. The summed E-state index contributed by atoms with van der Waals surface area (Å²) in [7, 11) is 0. The molecule has 0 amide bonds. The standard InChI is InChI=1S/C44H28O/c1-3-15-29(16-4-1)31-19-7-8-20-32(31)42-33-21-9-11-23-35(33)43(36-24-12-10-22-34(36)42)38-27-28-40-44(37-25-13-14-26-39(37)45-40)41(38)30-17-5-2-6-18-30/h1-28H/i2D,5D,6D,13D,14D,17D,25D,26D,27D,28D. The van der Waals surface area contributed by atoms with E-state index in [0.29, 0.717) is 16.3 Å². The first-order valence-electron chi connectivity index (χ1n) is 19.6. The molecule has 0 atom stereocenters. The highest BCUT2D eigenvalue weighted by molar-refractivity contribution is 6.25. The molecule has 1 aromatic heterocycles. The molecule has 9 rings (SSSR count). The van der Waals surface area contributed by atoms with E-state index in [4.69, 9.17) is 15.4 Å². The molecule has 0 bridgehead atoms. The lowest BCUT2D eigenvalue weighted by Crippen LogP contribution is -1.94. The van der Waals surface area contributed by atoms with Gasteiger partial charge in [-0.25, -0.2) is 0 Å². The van der Waals surface area contributed by atoms with E-state index in [1.807, 2.05) is 78.9 Å². The van der Waals surface area contributed by atoms with Crippen molar-refractivity contribution in [2.45, 2.75) is 0 Å². The number of benzene rings is 8. The molecule has 0 spiro atoms. The van der Waals surface area contributed by atoms with Crippen LogP contribution in [0.3, 0.4) is 0 Å². The summed E-state index contributed by atoms with van der Waals surface area (Å²) in [6.07, 6.45) is 0. The lowest BCUT2D eigenvalue weighted by Gasteiger charge is -2.21. The maximum absolute atomic E-state index is 9.70. The lowest BCUT2D eigenvalue weighted by atomic mass is 9.81. The van der Waals surface area contributed by atoms with Gasteiger partial charge in [-0.3, -0.25) is 0 Å². The van der Waals surface area contributed by atoms with Gasteiger partial charge in [-0.15, -0.1) is 0 Å². The Hall–Kier alpha value is -5.92. The van der Waals surface area contributed by atoms with E-state index in [2.05, 4.69) is 24.3 Å². The van der Waals surface area contributed by atoms with Crippen LogP contribution in [-0.4, -0.2) is 0 Å². The maximum Gasteiger partial charge on any atom is 0.136 e. The van der Waals surface area contributed by atoms with Crippen molar-refractivity contribution in [1.29, 1.82) is 0 Å². The van der Waals surface area contributed by atoms with Crippen molar-refractivity contribution in [2.24, 2.45) is 0 Å². The molecule has 0 unspecified atom stereocenters. The van der Waals surface area contributed by atoms with Gasteiger partial charge >= 0.3 is 0 Å². The van der Waals surface area contributed by atoms with E-state index < -0.39 is 42.3 Å². The summed E-state index contributed by atoms with van der Waals surface area (Å²) in [6, 6.07) is 30.7. The third-order valence-corrected chi connectivity index (χ3v) is 8.42. The third-order valence-electron chi connectivity index (χ3n) is 8.42. The minimum Gasteiger partial charge on any atom is -0.456 e. The molecule has 8 aromatic carbocycles. The Morgan fingerprint density at radius 2 is 0.956 bits per heavy atom. The predicted octanol–water partition coefficient (Wildman–Crippen LogP) is 12.6. The summed E-state index contributed by atoms with van der Waals surface area (Å²) >= 11 is 0. The van der Waals surface area contributed by atoms with Crippen LogP contribution in [0.25, 0.3) is 88.0 Å². The van der Waals surface area contributed by atoms with Crippen molar-refractivity contribution in [2.75, 3.05) is 0 Å². The zero-order valence-corrected chi connectivity index (χ0v) is 23.8. The molecule has 45 heavy (non-hydrogen) atoms. The van der Waals surface area contributed by atoms with Crippen LogP contribution in [0.1, 0.15) is 13.7 Å². The van der Waals surface area contributed by atoms with Crippen LogP contribution in [0.5, 0.6) is 0 Å². The highest BCUT2D eigenvalue weighted by atomic mass is 16.3. The van der Waals surface area contributed by atoms with Crippen LogP contribution in [-0.2, 0) is 0 Å². The van der Waals surface area contributed by atoms with E-state index in [0.717, 1.165) is 33.0 Å². The van der Waals surface area contributed by atoms with Crippen molar-refractivity contribution in [3.63, 3.8) is 0 Å². The number of furan rings is 1. The number of hydrogen-bond donors (Lipinski definition) is 0. The first-order valence-corrected chi connectivity index (χ1v) is 14.6. The second-order valence-corrected chi connectivity index (χ2v) is 10.8. The molecule has 0 N–H and O–H groups in total. The van der Waals surface area contributed by atoms with Gasteiger partial charge in [0.15, 0.2) is 0 Å². The van der Waals surface area contributed by atoms with Crippen molar-refractivity contribution in [3.8, 4) is 44.5 Å². The maximum atomic E-state index is 9.70.